The lowest BCUT2D eigenvalue weighted by Gasteiger charge is -2.13. The summed E-state index contributed by atoms with van der Waals surface area (Å²) in [6.07, 6.45) is 0.987. The number of hydrogen-bond acceptors (Lipinski definition) is 4. The summed E-state index contributed by atoms with van der Waals surface area (Å²) in [5.41, 5.74) is 9.58. The smallest absolute Gasteiger partial charge is 0.340 e. The average molecular weight is 270 g/mol. The number of rotatable bonds is 4. The summed E-state index contributed by atoms with van der Waals surface area (Å²) in [6.45, 7) is 2.10. The molecule has 20 heavy (non-hydrogen) atoms. The lowest BCUT2D eigenvalue weighted by atomic mass is 10.1. The van der Waals surface area contributed by atoms with Crippen LogP contribution in [0.4, 0.5) is 17.1 Å². The molecule has 0 atom stereocenters. The van der Waals surface area contributed by atoms with Crippen LogP contribution < -0.4 is 11.1 Å². The minimum absolute atomic E-state index is 0.412. The zero-order chi connectivity index (χ0) is 14.5. The second kappa shape index (κ2) is 6.10. The van der Waals surface area contributed by atoms with Crippen molar-refractivity contribution in [2.24, 2.45) is 0 Å². The van der Waals surface area contributed by atoms with Gasteiger partial charge in [-0.2, -0.15) is 0 Å². The number of aryl methyl sites for hydroxylation is 1. The molecule has 4 nitrogen and oxygen atoms in total. The number of nitrogens with one attached hydrogen (secondary N) is 1. The van der Waals surface area contributed by atoms with Crippen LogP contribution in [0.25, 0.3) is 0 Å². The van der Waals surface area contributed by atoms with Crippen molar-refractivity contribution in [1.29, 1.82) is 0 Å². The van der Waals surface area contributed by atoms with Crippen molar-refractivity contribution in [3.63, 3.8) is 0 Å². The van der Waals surface area contributed by atoms with Gasteiger partial charge in [-0.15, -0.1) is 0 Å². The quantitative estimate of drug-likeness (QED) is 0.660. The summed E-state index contributed by atoms with van der Waals surface area (Å²) >= 11 is 0. The lowest BCUT2D eigenvalue weighted by Crippen LogP contribution is -2.07. The first-order valence-corrected chi connectivity index (χ1v) is 6.48. The van der Waals surface area contributed by atoms with E-state index in [9.17, 15) is 4.79 Å². The van der Waals surface area contributed by atoms with Gasteiger partial charge in [0, 0.05) is 5.69 Å². The van der Waals surface area contributed by atoms with Gasteiger partial charge in [0.15, 0.2) is 0 Å². The molecule has 0 heterocycles. The minimum Gasteiger partial charge on any atom is -0.465 e. The molecule has 2 rings (SSSR count). The number of methoxy groups -OCH3 is 1. The molecule has 0 aliphatic heterocycles. The molecule has 3 N–H and O–H groups in total. The van der Waals surface area contributed by atoms with Crippen LogP contribution in [0, 0.1) is 0 Å². The van der Waals surface area contributed by atoms with E-state index in [1.807, 2.05) is 24.3 Å². The fourth-order valence-corrected chi connectivity index (χ4v) is 1.96. The van der Waals surface area contributed by atoms with E-state index >= 15 is 0 Å². The molecular formula is C16H18N2O2. The molecule has 0 saturated heterocycles. The van der Waals surface area contributed by atoms with Crippen molar-refractivity contribution in [1.82, 2.24) is 0 Å². The molecule has 104 valence electrons. The largest absolute Gasteiger partial charge is 0.465 e. The van der Waals surface area contributed by atoms with Gasteiger partial charge in [-0.1, -0.05) is 25.1 Å². The highest BCUT2D eigenvalue weighted by atomic mass is 16.5. The highest BCUT2D eigenvalue weighted by Crippen LogP contribution is 2.28. The first kappa shape index (κ1) is 13.9. The fourth-order valence-electron chi connectivity index (χ4n) is 1.96. The third-order valence-electron chi connectivity index (χ3n) is 3.13. The molecule has 0 radical (unpaired) electrons. The molecule has 0 unspecified atom stereocenters. The second-order valence-electron chi connectivity index (χ2n) is 4.44. The molecule has 0 spiro atoms. The van der Waals surface area contributed by atoms with Crippen molar-refractivity contribution in [3.05, 3.63) is 53.6 Å². The van der Waals surface area contributed by atoms with Gasteiger partial charge in [-0.25, -0.2) is 4.79 Å². The standard InChI is InChI=1S/C16H18N2O2/c1-3-11-7-9-12(10-8-11)18-15-13(16(19)20-2)5-4-6-14(15)17/h4-10,18H,3,17H2,1-2H3. The van der Waals surface area contributed by atoms with E-state index in [0.717, 1.165) is 12.1 Å². The Morgan fingerprint density at radius 2 is 1.90 bits per heavy atom. The number of carbonyl (C=O) groups excluding carboxylic acids is 1. The van der Waals surface area contributed by atoms with E-state index in [2.05, 4.69) is 12.2 Å². The van der Waals surface area contributed by atoms with Crippen LogP contribution in [0.15, 0.2) is 42.5 Å². The third-order valence-corrected chi connectivity index (χ3v) is 3.13. The third kappa shape index (κ3) is 2.91. The second-order valence-corrected chi connectivity index (χ2v) is 4.44. The van der Waals surface area contributed by atoms with Gasteiger partial charge in [-0.05, 0) is 36.2 Å². The summed E-state index contributed by atoms with van der Waals surface area (Å²) in [4.78, 5) is 11.8. The highest BCUT2D eigenvalue weighted by Gasteiger charge is 2.14. The van der Waals surface area contributed by atoms with Crippen molar-refractivity contribution >= 4 is 23.0 Å². The molecule has 0 aliphatic carbocycles. The Morgan fingerprint density at radius 1 is 1.20 bits per heavy atom. The predicted octanol–water partition coefficient (Wildman–Crippen LogP) is 3.36. The molecule has 0 fully saturated rings. The normalized spacial score (nSPS) is 10.1. The summed E-state index contributed by atoms with van der Waals surface area (Å²) in [7, 11) is 1.35. The maximum Gasteiger partial charge on any atom is 0.340 e. The van der Waals surface area contributed by atoms with Crippen LogP contribution in [0.5, 0.6) is 0 Å². The van der Waals surface area contributed by atoms with Crippen LogP contribution in [-0.2, 0) is 11.2 Å². The van der Waals surface area contributed by atoms with Gasteiger partial charge in [0.2, 0.25) is 0 Å². The number of benzene rings is 2. The van der Waals surface area contributed by atoms with Gasteiger partial charge < -0.3 is 15.8 Å². The van der Waals surface area contributed by atoms with Gasteiger partial charge in [-0.3, -0.25) is 0 Å². The monoisotopic (exact) mass is 270 g/mol. The molecule has 0 amide bonds. The van der Waals surface area contributed by atoms with E-state index in [0.29, 0.717) is 16.9 Å². The molecule has 0 aromatic heterocycles. The van der Waals surface area contributed by atoms with E-state index in [1.54, 1.807) is 18.2 Å². The number of anilines is 3. The molecular weight excluding hydrogens is 252 g/mol. The molecule has 0 saturated carbocycles. The summed E-state index contributed by atoms with van der Waals surface area (Å²) in [6, 6.07) is 13.2. The van der Waals surface area contributed by atoms with Gasteiger partial charge in [0.25, 0.3) is 0 Å². The Kier molecular flexibility index (Phi) is 4.25. The van der Waals surface area contributed by atoms with Crippen molar-refractivity contribution < 1.29 is 9.53 Å². The van der Waals surface area contributed by atoms with Crippen LogP contribution in [-0.4, -0.2) is 13.1 Å². The first-order chi connectivity index (χ1) is 9.65. The van der Waals surface area contributed by atoms with Gasteiger partial charge in [0.1, 0.15) is 0 Å². The highest BCUT2D eigenvalue weighted by molar-refractivity contribution is 5.99. The SMILES string of the molecule is CCc1ccc(Nc2c(N)cccc2C(=O)OC)cc1. The van der Waals surface area contributed by atoms with Gasteiger partial charge in [0.05, 0.1) is 24.0 Å². The Hall–Kier alpha value is -2.49. The predicted molar refractivity (Wildman–Crippen MR) is 81.3 cm³/mol. The molecule has 0 bridgehead atoms. The number of ether oxygens (including phenoxy) is 1. The molecule has 2 aromatic rings. The first-order valence-electron chi connectivity index (χ1n) is 6.48. The number of esters is 1. The maximum atomic E-state index is 11.8. The summed E-state index contributed by atoms with van der Waals surface area (Å²) in [5, 5.41) is 3.18. The average Bonchev–Trinajstić information content (AvgIpc) is 2.49. The van der Waals surface area contributed by atoms with Crippen LogP contribution in [0.1, 0.15) is 22.8 Å². The minimum atomic E-state index is -0.412. The summed E-state index contributed by atoms with van der Waals surface area (Å²) in [5.74, 6) is -0.412. The molecule has 0 aliphatic rings. The number of nitrogens with two attached hydrogens (primary N) is 1. The molecule has 2 aromatic carbocycles. The van der Waals surface area contributed by atoms with Crippen LogP contribution in [0.3, 0.4) is 0 Å². The van der Waals surface area contributed by atoms with E-state index in [-0.39, 0.29) is 0 Å². The Balaban J connectivity index is 2.34. The van der Waals surface area contributed by atoms with Crippen LogP contribution in [0.2, 0.25) is 0 Å². The summed E-state index contributed by atoms with van der Waals surface area (Å²) < 4.78 is 4.77. The van der Waals surface area contributed by atoms with E-state index in [1.165, 1.54) is 12.7 Å². The number of hydrogen-bond donors (Lipinski definition) is 2. The van der Waals surface area contributed by atoms with Crippen LogP contribution >= 0.6 is 0 Å². The zero-order valence-electron chi connectivity index (χ0n) is 11.6. The number of carbonyl (C=O) groups is 1. The van der Waals surface area contributed by atoms with E-state index < -0.39 is 5.97 Å². The van der Waals surface area contributed by atoms with Gasteiger partial charge >= 0.3 is 5.97 Å². The fraction of sp³-hybridized carbons (Fsp3) is 0.188. The maximum absolute atomic E-state index is 11.8. The Bertz CT molecular complexity index is 606. The molecule has 4 heteroatoms. The Labute approximate surface area is 118 Å². The van der Waals surface area contributed by atoms with Crippen molar-refractivity contribution in [2.75, 3.05) is 18.2 Å². The van der Waals surface area contributed by atoms with Crippen molar-refractivity contribution in [2.45, 2.75) is 13.3 Å². The number of nitrogen functional groups attached to an aromatic ring is 1. The Morgan fingerprint density at radius 3 is 2.50 bits per heavy atom. The lowest BCUT2D eigenvalue weighted by molar-refractivity contribution is 0.0602. The topological polar surface area (TPSA) is 64.3 Å². The number of para-hydroxylation sites is 1. The van der Waals surface area contributed by atoms with Crippen molar-refractivity contribution in [3.8, 4) is 0 Å². The van der Waals surface area contributed by atoms with E-state index in [4.69, 9.17) is 10.5 Å². The zero-order valence-corrected chi connectivity index (χ0v) is 11.6.